The van der Waals surface area contributed by atoms with Crippen molar-refractivity contribution in [1.82, 2.24) is 0 Å². The van der Waals surface area contributed by atoms with Crippen LogP contribution in [0, 0.1) is 5.92 Å². The van der Waals surface area contributed by atoms with Gasteiger partial charge in [-0.25, -0.2) is 4.79 Å². The van der Waals surface area contributed by atoms with Crippen molar-refractivity contribution in [2.24, 2.45) is 5.92 Å². The fraction of sp³-hybridized carbons (Fsp3) is 0.333. The lowest BCUT2D eigenvalue weighted by Crippen LogP contribution is -2.10. The Kier molecular flexibility index (Phi) is 5.21. The third-order valence-electron chi connectivity index (χ3n) is 3.45. The van der Waals surface area contributed by atoms with Gasteiger partial charge in [0.1, 0.15) is 16.7 Å². The zero-order valence-corrected chi connectivity index (χ0v) is 13.3. The molecule has 2 rings (SSSR count). The van der Waals surface area contributed by atoms with E-state index < -0.39 is 11.4 Å². The zero-order chi connectivity index (χ0) is 17.0. The maximum Gasteiger partial charge on any atom is 0.371 e. The van der Waals surface area contributed by atoms with Crippen molar-refractivity contribution in [3.8, 4) is 5.75 Å². The van der Waals surface area contributed by atoms with Gasteiger partial charge in [-0.05, 0) is 30.4 Å². The molecule has 0 amide bonds. The minimum atomic E-state index is -1.28. The molecular weight excluding hydrogens is 296 g/mol. The summed E-state index contributed by atoms with van der Waals surface area (Å²) in [4.78, 5) is 23.5. The second-order valence-electron chi connectivity index (χ2n) is 5.73. The number of hydrogen-bond acceptors (Lipinski definition) is 4. The van der Waals surface area contributed by atoms with Gasteiger partial charge >= 0.3 is 5.97 Å². The van der Waals surface area contributed by atoms with Crippen LogP contribution in [-0.2, 0) is 6.42 Å². The van der Waals surface area contributed by atoms with Crippen molar-refractivity contribution in [1.29, 1.82) is 0 Å². The molecule has 0 radical (unpaired) electrons. The number of aromatic carboxylic acids is 1. The summed E-state index contributed by atoms with van der Waals surface area (Å²) in [6.45, 7) is 8.32. The van der Waals surface area contributed by atoms with Crippen molar-refractivity contribution in [2.45, 2.75) is 26.7 Å². The molecule has 0 bridgehead atoms. The third kappa shape index (κ3) is 3.80. The SMILES string of the molecule is C=CCc1ccc(OCCC(C)C)c2c(=O)cc(C(=O)O)oc12. The molecular formula is C18H20O5. The molecule has 0 aliphatic carbocycles. The van der Waals surface area contributed by atoms with Crippen molar-refractivity contribution < 1.29 is 19.1 Å². The monoisotopic (exact) mass is 316 g/mol. The first kappa shape index (κ1) is 16.8. The Bertz CT molecular complexity index is 786. The summed E-state index contributed by atoms with van der Waals surface area (Å²) >= 11 is 0. The van der Waals surface area contributed by atoms with Crippen molar-refractivity contribution in [3.63, 3.8) is 0 Å². The first-order valence-corrected chi connectivity index (χ1v) is 7.50. The van der Waals surface area contributed by atoms with Crippen LogP contribution in [0.3, 0.4) is 0 Å². The van der Waals surface area contributed by atoms with E-state index in [0.29, 0.717) is 30.3 Å². The van der Waals surface area contributed by atoms with Gasteiger partial charge in [-0.2, -0.15) is 0 Å². The van der Waals surface area contributed by atoms with Crippen molar-refractivity contribution in [2.75, 3.05) is 6.61 Å². The normalized spacial score (nSPS) is 10.9. The molecule has 0 fully saturated rings. The molecule has 5 heteroatoms. The topological polar surface area (TPSA) is 76.7 Å². The average molecular weight is 316 g/mol. The van der Waals surface area contributed by atoms with Gasteiger partial charge in [-0.3, -0.25) is 4.79 Å². The molecule has 1 heterocycles. The fourth-order valence-corrected chi connectivity index (χ4v) is 2.23. The highest BCUT2D eigenvalue weighted by molar-refractivity contribution is 5.91. The molecule has 0 saturated heterocycles. The van der Waals surface area contributed by atoms with Crippen LogP contribution >= 0.6 is 0 Å². The number of carboxylic acids is 1. The molecule has 0 saturated carbocycles. The number of allylic oxidation sites excluding steroid dienone is 1. The van der Waals surface area contributed by atoms with E-state index in [2.05, 4.69) is 20.4 Å². The van der Waals surface area contributed by atoms with Crippen LogP contribution < -0.4 is 10.2 Å². The maximum atomic E-state index is 12.3. The van der Waals surface area contributed by atoms with Gasteiger partial charge in [-0.15, -0.1) is 6.58 Å². The van der Waals surface area contributed by atoms with E-state index in [1.165, 1.54) is 0 Å². The smallest absolute Gasteiger partial charge is 0.371 e. The van der Waals surface area contributed by atoms with Crippen LogP contribution in [0.5, 0.6) is 5.75 Å². The van der Waals surface area contributed by atoms with Crippen LogP contribution in [0.25, 0.3) is 11.0 Å². The molecule has 0 aliphatic heterocycles. The van der Waals surface area contributed by atoms with E-state index in [1.807, 2.05) is 0 Å². The van der Waals surface area contributed by atoms with E-state index in [0.717, 1.165) is 12.5 Å². The lowest BCUT2D eigenvalue weighted by Gasteiger charge is -2.12. The van der Waals surface area contributed by atoms with Crippen molar-refractivity contribution in [3.05, 3.63) is 52.4 Å². The molecule has 122 valence electrons. The van der Waals surface area contributed by atoms with Gasteiger partial charge in [-0.1, -0.05) is 26.0 Å². The Morgan fingerprint density at radius 1 is 1.43 bits per heavy atom. The number of rotatable bonds is 7. The predicted octanol–water partition coefficient (Wildman–Crippen LogP) is 3.64. The molecule has 0 spiro atoms. The lowest BCUT2D eigenvalue weighted by atomic mass is 10.1. The summed E-state index contributed by atoms with van der Waals surface area (Å²) < 4.78 is 11.1. The Balaban J connectivity index is 2.58. The Labute approximate surface area is 134 Å². The minimum absolute atomic E-state index is 0.247. The van der Waals surface area contributed by atoms with Crippen LogP contribution in [-0.4, -0.2) is 17.7 Å². The van der Waals surface area contributed by atoms with Gasteiger partial charge in [0, 0.05) is 6.07 Å². The highest BCUT2D eigenvalue weighted by atomic mass is 16.5. The molecule has 1 N–H and O–H groups in total. The first-order chi connectivity index (χ1) is 10.9. The summed E-state index contributed by atoms with van der Waals surface area (Å²) in [6, 6.07) is 4.47. The highest BCUT2D eigenvalue weighted by Crippen LogP contribution is 2.28. The molecule has 0 atom stereocenters. The molecule has 1 aromatic heterocycles. The number of hydrogen-bond donors (Lipinski definition) is 1. The molecule has 5 nitrogen and oxygen atoms in total. The van der Waals surface area contributed by atoms with Crippen LogP contribution in [0.4, 0.5) is 0 Å². The third-order valence-corrected chi connectivity index (χ3v) is 3.45. The molecule has 1 aromatic carbocycles. The van der Waals surface area contributed by atoms with Crippen LogP contribution in [0.1, 0.15) is 36.4 Å². The van der Waals surface area contributed by atoms with E-state index >= 15 is 0 Å². The number of ether oxygens (including phenoxy) is 1. The van der Waals surface area contributed by atoms with E-state index in [4.69, 9.17) is 14.3 Å². The van der Waals surface area contributed by atoms with Gasteiger partial charge in [0.05, 0.1) is 6.61 Å². The summed E-state index contributed by atoms with van der Waals surface area (Å²) in [5.74, 6) is -0.762. The highest BCUT2D eigenvalue weighted by Gasteiger charge is 2.17. The van der Waals surface area contributed by atoms with Gasteiger partial charge in [0.15, 0.2) is 5.43 Å². The number of carboxylic acid groups (broad SMARTS) is 1. The maximum absolute atomic E-state index is 12.3. The lowest BCUT2D eigenvalue weighted by molar-refractivity contribution is 0.0663. The zero-order valence-electron chi connectivity index (χ0n) is 13.3. The number of fused-ring (bicyclic) bond motifs is 1. The largest absolute Gasteiger partial charge is 0.493 e. The molecule has 2 aromatic rings. The first-order valence-electron chi connectivity index (χ1n) is 7.50. The van der Waals surface area contributed by atoms with Crippen LogP contribution in [0.15, 0.2) is 40.1 Å². The minimum Gasteiger partial charge on any atom is -0.493 e. The molecule has 23 heavy (non-hydrogen) atoms. The molecule has 0 unspecified atom stereocenters. The summed E-state index contributed by atoms with van der Waals surface area (Å²) in [5, 5.41) is 9.35. The Morgan fingerprint density at radius 3 is 2.78 bits per heavy atom. The van der Waals surface area contributed by atoms with Gasteiger partial charge < -0.3 is 14.3 Å². The number of carbonyl (C=O) groups is 1. The van der Waals surface area contributed by atoms with Crippen LogP contribution in [0.2, 0.25) is 0 Å². The molecule has 0 aliphatic rings. The fourth-order valence-electron chi connectivity index (χ4n) is 2.23. The summed E-state index contributed by atoms with van der Waals surface area (Å²) in [7, 11) is 0. The van der Waals surface area contributed by atoms with Gasteiger partial charge in [0.25, 0.3) is 0 Å². The quantitative estimate of drug-likeness (QED) is 0.789. The van der Waals surface area contributed by atoms with Gasteiger partial charge in [0.2, 0.25) is 5.76 Å². The number of benzene rings is 1. The van der Waals surface area contributed by atoms with E-state index in [9.17, 15) is 9.59 Å². The second kappa shape index (κ2) is 7.13. The Hall–Kier alpha value is -2.56. The standard InChI is InChI=1S/C18H20O5/c1-4-5-12-6-7-14(22-9-8-11(2)3)16-13(19)10-15(18(20)21)23-17(12)16/h4,6-7,10-11H,1,5,8-9H2,2-3H3,(H,20,21). The Morgan fingerprint density at radius 2 is 2.17 bits per heavy atom. The van der Waals surface area contributed by atoms with E-state index in [1.54, 1.807) is 18.2 Å². The predicted molar refractivity (Wildman–Crippen MR) is 88.3 cm³/mol. The summed E-state index contributed by atoms with van der Waals surface area (Å²) in [6.07, 6.45) is 2.99. The summed E-state index contributed by atoms with van der Waals surface area (Å²) in [5.41, 5.74) is 0.525. The van der Waals surface area contributed by atoms with E-state index in [-0.39, 0.29) is 16.7 Å². The average Bonchev–Trinajstić information content (AvgIpc) is 2.48. The second-order valence-corrected chi connectivity index (χ2v) is 5.73. The van der Waals surface area contributed by atoms with Crippen molar-refractivity contribution >= 4 is 16.9 Å².